The van der Waals surface area contributed by atoms with Gasteiger partial charge in [0, 0.05) is 45.5 Å². The van der Waals surface area contributed by atoms with E-state index in [9.17, 15) is 0 Å². The number of nitrogens with zero attached hydrogens (tertiary/aromatic N) is 2. The minimum absolute atomic E-state index is 0.605. The van der Waals surface area contributed by atoms with E-state index in [0.29, 0.717) is 5.92 Å². The average molecular weight is 276 g/mol. The van der Waals surface area contributed by atoms with Crippen molar-refractivity contribution < 1.29 is 4.74 Å². The number of piperazine rings is 1. The SMILES string of the molecule is COCCN1CCN(c2ccc(C(C)C)cc2C)CC1. The minimum Gasteiger partial charge on any atom is -0.383 e. The van der Waals surface area contributed by atoms with Gasteiger partial charge in [0.15, 0.2) is 0 Å². The molecule has 1 aromatic carbocycles. The van der Waals surface area contributed by atoms with Gasteiger partial charge in [-0.25, -0.2) is 0 Å². The fraction of sp³-hybridized carbons (Fsp3) is 0.647. The Balaban J connectivity index is 1.96. The molecule has 0 spiro atoms. The van der Waals surface area contributed by atoms with Gasteiger partial charge in [-0.1, -0.05) is 26.0 Å². The molecule has 1 fully saturated rings. The smallest absolute Gasteiger partial charge is 0.0589 e. The normalized spacial score (nSPS) is 16.9. The topological polar surface area (TPSA) is 15.7 Å². The van der Waals surface area contributed by atoms with Crippen molar-refractivity contribution in [2.24, 2.45) is 0 Å². The second kappa shape index (κ2) is 7.09. The van der Waals surface area contributed by atoms with Crippen molar-refractivity contribution in [3.8, 4) is 0 Å². The zero-order chi connectivity index (χ0) is 14.5. The molecule has 1 heterocycles. The molecule has 1 aliphatic heterocycles. The van der Waals surface area contributed by atoms with E-state index < -0.39 is 0 Å². The summed E-state index contributed by atoms with van der Waals surface area (Å²) in [5.41, 5.74) is 4.24. The molecule has 3 heteroatoms. The van der Waals surface area contributed by atoms with Crippen LogP contribution in [0.2, 0.25) is 0 Å². The maximum atomic E-state index is 5.16. The number of ether oxygens (including phenoxy) is 1. The highest BCUT2D eigenvalue weighted by Gasteiger charge is 2.18. The van der Waals surface area contributed by atoms with Crippen LogP contribution in [0.5, 0.6) is 0 Å². The van der Waals surface area contributed by atoms with E-state index in [1.807, 2.05) is 0 Å². The highest BCUT2D eigenvalue weighted by molar-refractivity contribution is 5.55. The molecule has 0 amide bonds. The number of rotatable bonds is 5. The van der Waals surface area contributed by atoms with Gasteiger partial charge in [0.1, 0.15) is 0 Å². The summed E-state index contributed by atoms with van der Waals surface area (Å²) in [6, 6.07) is 6.93. The van der Waals surface area contributed by atoms with E-state index in [1.165, 1.54) is 16.8 Å². The fourth-order valence-electron chi connectivity index (χ4n) is 2.83. The molecule has 2 rings (SSSR count). The van der Waals surface area contributed by atoms with Gasteiger partial charge >= 0.3 is 0 Å². The molecule has 0 unspecified atom stereocenters. The average Bonchev–Trinajstić information content (AvgIpc) is 2.45. The first-order chi connectivity index (χ1) is 9.61. The Morgan fingerprint density at radius 1 is 1.15 bits per heavy atom. The van der Waals surface area contributed by atoms with Crippen molar-refractivity contribution in [3.63, 3.8) is 0 Å². The molecule has 1 saturated heterocycles. The van der Waals surface area contributed by atoms with Crippen molar-refractivity contribution in [1.29, 1.82) is 0 Å². The summed E-state index contributed by atoms with van der Waals surface area (Å²) < 4.78 is 5.16. The van der Waals surface area contributed by atoms with Gasteiger partial charge in [-0.3, -0.25) is 4.90 Å². The second-order valence-corrected chi connectivity index (χ2v) is 6.02. The molecule has 1 aliphatic rings. The molecule has 20 heavy (non-hydrogen) atoms. The molecule has 0 N–H and O–H groups in total. The van der Waals surface area contributed by atoms with Crippen molar-refractivity contribution in [2.45, 2.75) is 26.7 Å². The predicted octanol–water partition coefficient (Wildman–Crippen LogP) is 2.89. The van der Waals surface area contributed by atoms with Gasteiger partial charge in [0.2, 0.25) is 0 Å². The Morgan fingerprint density at radius 3 is 2.40 bits per heavy atom. The van der Waals surface area contributed by atoms with Crippen molar-refractivity contribution in [2.75, 3.05) is 51.3 Å². The first-order valence-electron chi connectivity index (χ1n) is 7.68. The summed E-state index contributed by atoms with van der Waals surface area (Å²) in [7, 11) is 1.77. The summed E-state index contributed by atoms with van der Waals surface area (Å²) in [6.07, 6.45) is 0. The van der Waals surface area contributed by atoms with Crippen LogP contribution in [0.4, 0.5) is 5.69 Å². The van der Waals surface area contributed by atoms with E-state index in [0.717, 1.165) is 39.3 Å². The third-order valence-corrected chi connectivity index (χ3v) is 4.21. The summed E-state index contributed by atoms with van der Waals surface area (Å²) in [4.78, 5) is 5.00. The van der Waals surface area contributed by atoms with Crippen LogP contribution in [-0.4, -0.2) is 51.3 Å². The van der Waals surface area contributed by atoms with E-state index in [-0.39, 0.29) is 0 Å². The minimum atomic E-state index is 0.605. The Kier molecular flexibility index (Phi) is 5.44. The Morgan fingerprint density at radius 2 is 1.85 bits per heavy atom. The molecular weight excluding hydrogens is 248 g/mol. The maximum absolute atomic E-state index is 5.16. The van der Waals surface area contributed by atoms with Gasteiger partial charge in [0.05, 0.1) is 6.61 Å². The molecule has 112 valence electrons. The number of hydrogen-bond acceptors (Lipinski definition) is 3. The molecule has 0 bridgehead atoms. The molecule has 0 atom stereocenters. The molecule has 0 aliphatic carbocycles. The standard InChI is InChI=1S/C17H28N2O/c1-14(2)16-5-6-17(15(3)13-16)19-9-7-18(8-10-19)11-12-20-4/h5-6,13-14H,7-12H2,1-4H3. The molecule has 0 radical (unpaired) electrons. The lowest BCUT2D eigenvalue weighted by molar-refractivity contribution is 0.144. The molecule has 0 saturated carbocycles. The lowest BCUT2D eigenvalue weighted by Gasteiger charge is -2.36. The largest absolute Gasteiger partial charge is 0.383 e. The van der Waals surface area contributed by atoms with E-state index in [4.69, 9.17) is 4.74 Å². The van der Waals surface area contributed by atoms with E-state index in [1.54, 1.807) is 7.11 Å². The van der Waals surface area contributed by atoms with Crippen LogP contribution in [0.3, 0.4) is 0 Å². The maximum Gasteiger partial charge on any atom is 0.0589 e. The number of anilines is 1. The molecule has 3 nitrogen and oxygen atoms in total. The Labute approximate surface area is 123 Å². The number of benzene rings is 1. The monoisotopic (exact) mass is 276 g/mol. The zero-order valence-corrected chi connectivity index (χ0v) is 13.4. The van der Waals surface area contributed by atoms with Gasteiger partial charge in [-0.2, -0.15) is 0 Å². The first kappa shape index (κ1) is 15.3. The Hall–Kier alpha value is -1.06. The zero-order valence-electron chi connectivity index (χ0n) is 13.4. The van der Waals surface area contributed by atoms with Crippen LogP contribution >= 0.6 is 0 Å². The van der Waals surface area contributed by atoms with Crippen molar-refractivity contribution in [1.82, 2.24) is 4.90 Å². The lowest BCUT2D eigenvalue weighted by Crippen LogP contribution is -2.47. The van der Waals surface area contributed by atoms with Crippen LogP contribution in [0.1, 0.15) is 30.9 Å². The van der Waals surface area contributed by atoms with Crippen LogP contribution in [0.25, 0.3) is 0 Å². The molecule has 0 aromatic heterocycles. The predicted molar refractivity (Wildman–Crippen MR) is 85.8 cm³/mol. The molecular formula is C17H28N2O. The summed E-state index contributed by atoms with van der Waals surface area (Å²) in [5, 5.41) is 0. The Bertz CT molecular complexity index is 423. The van der Waals surface area contributed by atoms with Crippen LogP contribution in [0, 0.1) is 6.92 Å². The quantitative estimate of drug-likeness (QED) is 0.822. The van der Waals surface area contributed by atoms with Gasteiger partial charge in [-0.15, -0.1) is 0 Å². The van der Waals surface area contributed by atoms with Crippen molar-refractivity contribution in [3.05, 3.63) is 29.3 Å². The van der Waals surface area contributed by atoms with Crippen LogP contribution in [0.15, 0.2) is 18.2 Å². The van der Waals surface area contributed by atoms with Gasteiger partial charge in [-0.05, 0) is 30.0 Å². The fourth-order valence-corrected chi connectivity index (χ4v) is 2.83. The van der Waals surface area contributed by atoms with Crippen LogP contribution in [-0.2, 0) is 4.74 Å². The van der Waals surface area contributed by atoms with Crippen LogP contribution < -0.4 is 4.90 Å². The van der Waals surface area contributed by atoms with Crippen molar-refractivity contribution >= 4 is 5.69 Å². The third-order valence-electron chi connectivity index (χ3n) is 4.21. The third kappa shape index (κ3) is 3.74. The number of aryl methyl sites for hydroxylation is 1. The van der Waals surface area contributed by atoms with E-state index in [2.05, 4.69) is 48.8 Å². The molecule has 1 aromatic rings. The summed E-state index contributed by atoms with van der Waals surface area (Å²) >= 11 is 0. The number of methoxy groups -OCH3 is 1. The first-order valence-corrected chi connectivity index (χ1v) is 7.68. The highest BCUT2D eigenvalue weighted by atomic mass is 16.5. The second-order valence-electron chi connectivity index (χ2n) is 6.02. The summed E-state index contributed by atoms with van der Waals surface area (Å²) in [5.74, 6) is 0.605. The lowest BCUT2D eigenvalue weighted by atomic mass is 9.99. The van der Waals surface area contributed by atoms with E-state index >= 15 is 0 Å². The highest BCUT2D eigenvalue weighted by Crippen LogP contribution is 2.25. The van der Waals surface area contributed by atoms with Gasteiger partial charge in [0.25, 0.3) is 0 Å². The summed E-state index contributed by atoms with van der Waals surface area (Å²) in [6.45, 7) is 13.1. The van der Waals surface area contributed by atoms with Gasteiger partial charge < -0.3 is 9.64 Å². The number of hydrogen-bond donors (Lipinski definition) is 0.